The third-order valence-corrected chi connectivity index (χ3v) is 2.39. The van der Waals surface area contributed by atoms with Gasteiger partial charge in [-0.3, -0.25) is 14.5 Å². The van der Waals surface area contributed by atoms with E-state index in [9.17, 15) is 9.59 Å². The Bertz CT molecular complexity index is 560. The third kappa shape index (κ3) is 2.69. The summed E-state index contributed by atoms with van der Waals surface area (Å²) in [6.07, 6.45) is 3.95. The van der Waals surface area contributed by atoms with Crippen LogP contribution in [-0.4, -0.2) is 21.1 Å². The highest BCUT2D eigenvalue weighted by Crippen LogP contribution is 2.10. The molecule has 5 heteroatoms. The molecule has 2 aromatic rings. The van der Waals surface area contributed by atoms with E-state index in [0.29, 0.717) is 5.95 Å². The molecular weight excluding hydrogens is 218 g/mol. The lowest BCUT2D eigenvalue weighted by molar-refractivity contribution is -0.121. The molecule has 0 fully saturated rings. The number of hydrogen-bond acceptors (Lipinski definition) is 3. The van der Waals surface area contributed by atoms with Crippen molar-refractivity contribution in [3.05, 3.63) is 30.6 Å². The number of pyridine rings is 1. The Kier molecular flexibility index (Phi) is 3.18. The smallest absolute Gasteiger partial charge is 0.227 e. The maximum Gasteiger partial charge on any atom is 0.227 e. The number of nitrogens with one attached hydrogen (secondary N) is 1. The number of rotatable bonds is 4. The van der Waals surface area contributed by atoms with Gasteiger partial charge in [-0.15, -0.1) is 0 Å². The number of fused-ring (bicyclic) bond motifs is 1. The molecule has 2 aromatic heterocycles. The van der Waals surface area contributed by atoms with Crippen molar-refractivity contribution in [1.29, 1.82) is 0 Å². The lowest BCUT2D eigenvalue weighted by Crippen LogP contribution is -2.14. The first-order valence-corrected chi connectivity index (χ1v) is 5.38. The molecule has 0 atom stereocenters. The molecule has 0 unspecified atom stereocenters. The average molecular weight is 231 g/mol. The van der Waals surface area contributed by atoms with E-state index in [-0.39, 0.29) is 24.5 Å². The number of aromatic nitrogens is 2. The van der Waals surface area contributed by atoms with Crippen molar-refractivity contribution in [2.45, 2.75) is 19.8 Å². The molecule has 0 saturated carbocycles. The number of nitrogens with zero attached hydrogens (tertiary/aromatic N) is 2. The zero-order valence-corrected chi connectivity index (χ0v) is 9.51. The maximum absolute atomic E-state index is 11.5. The van der Waals surface area contributed by atoms with Gasteiger partial charge in [-0.2, -0.15) is 0 Å². The molecule has 0 radical (unpaired) electrons. The van der Waals surface area contributed by atoms with E-state index in [1.807, 2.05) is 24.4 Å². The van der Waals surface area contributed by atoms with Gasteiger partial charge in [0.15, 0.2) is 0 Å². The van der Waals surface area contributed by atoms with E-state index < -0.39 is 0 Å². The van der Waals surface area contributed by atoms with Gasteiger partial charge >= 0.3 is 0 Å². The van der Waals surface area contributed by atoms with Gasteiger partial charge in [0.2, 0.25) is 11.9 Å². The van der Waals surface area contributed by atoms with Gasteiger partial charge in [0.1, 0.15) is 5.78 Å². The van der Waals surface area contributed by atoms with E-state index in [1.165, 1.54) is 6.92 Å². The summed E-state index contributed by atoms with van der Waals surface area (Å²) in [5.74, 6) is 0.291. The molecule has 2 heterocycles. The molecule has 0 aliphatic carbocycles. The molecule has 0 aliphatic rings. The summed E-state index contributed by atoms with van der Waals surface area (Å²) < 4.78 is 1.78. The summed E-state index contributed by atoms with van der Waals surface area (Å²) in [5, 5.41) is 2.68. The van der Waals surface area contributed by atoms with Gasteiger partial charge in [0, 0.05) is 19.0 Å². The van der Waals surface area contributed by atoms with Crippen molar-refractivity contribution in [3.63, 3.8) is 0 Å². The molecule has 0 aliphatic heterocycles. The molecule has 88 valence electrons. The number of hydrogen-bond donors (Lipinski definition) is 1. The highest BCUT2D eigenvalue weighted by Gasteiger charge is 2.08. The highest BCUT2D eigenvalue weighted by atomic mass is 16.2. The minimum atomic E-state index is -0.198. The van der Waals surface area contributed by atoms with E-state index in [4.69, 9.17) is 0 Å². The zero-order valence-electron chi connectivity index (χ0n) is 9.51. The summed E-state index contributed by atoms with van der Waals surface area (Å²) in [6.45, 7) is 1.47. The second kappa shape index (κ2) is 4.78. The Morgan fingerprint density at radius 1 is 1.35 bits per heavy atom. The molecule has 1 N–H and O–H groups in total. The summed E-state index contributed by atoms with van der Waals surface area (Å²) in [4.78, 5) is 26.4. The van der Waals surface area contributed by atoms with E-state index >= 15 is 0 Å². The molecule has 0 spiro atoms. The normalized spacial score (nSPS) is 10.4. The van der Waals surface area contributed by atoms with Crippen LogP contribution in [-0.2, 0) is 9.59 Å². The van der Waals surface area contributed by atoms with E-state index in [0.717, 1.165) is 5.52 Å². The molecule has 2 rings (SSSR count). The largest absolute Gasteiger partial charge is 0.300 e. The lowest BCUT2D eigenvalue weighted by atomic mass is 10.2. The second-order valence-electron chi connectivity index (χ2n) is 3.83. The van der Waals surface area contributed by atoms with Gasteiger partial charge in [-0.05, 0) is 19.1 Å². The second-order valence-corrected chi connectivity index (χ2v) is 3.83. The van der Waals surface area contributed by atoms with Crippen molar-refractivity contribution < 1.29 is 9.59 Å². The van der Waals surface area contributed by atoms with Crippen LogP contribution in [0.2, 0.25) is 0 Å². The van der Waals surface area contributed by atoms with Gasteiger partial charge in [0.05, 0.1) is 11.7 Å². The Balaban J connectivity index is 2.08. The molecular formula is C12H13N3O2. The summed E-state index contributed by atoms with van der Waals surface area (Å²) in [5.41, 5.74) is 0.911. The Morgan fingerprint density at radius 3 is 2.94 bits per heavy atom. The predicted octanol–water partition coefficient (Wildman–Crippen LogP) is 1.64. The van der Waals surface area contributed by atoms with Crippen LogP contribution < -0.4 is 5.32 Å². The van der Waals surface area contributed by atoms with Crippen LogP contribution in [0.1, 0.15) is 19.8 Å². The van der Waals surface area contributed by atoms with Crippen molar-refractivity contribution in [1.82, 2.24) is 9.38 Å². The fraction of sp³-hybridized carbons (Fsp3) is 0.250. The molecule has 0 aromatic carbocycles. The minimum Gasteiger partial charge on any atom is -0.300 e. The molecule has 0 bridgehead atoms. The van der Waals surface area contributed by atoms with Crippen LogP contribution >= 0.6 is 0 Å². The summed E-state index contributed by atoms with van der Waals surface area (Å²) in [6, 6.07) is 5.66. The van der Waals surface area contributed by atoms with Crippen molar-refractivity contribution >= 4 is 23.2 Å². The first-order valence-electron chi connectivity index (χ1n) is 5.38. The fourth-order valence-electron chi connectivity index (χ4n) is 1.51. The molecule has 5 nitrogen and oxygen atoms in total. The number of carbonyl (C=O) groups excluding carboxylic acids is 2. The monoisotopic (exact) mass is 231 g/mol. The van der Waals surface area contributed by atoms with Gasteiger partial charge in [-0.1, -0.05) is 6.07 Å². The third-order valence-electron chi connectivity index (χ3n) is 2.39. The number of amides is 1. The fourth-order valence-corrected chi connectivity index (χ4v) is 1.51. The van der Waals surface area contributed by atoms with Crippen LogP contribution in [0, 0.1) is 0 Å². The minimum absolute atomic E-state index is 0.00752. The van der Waals surface area contributed by atoms with Gasteiger partial charge in [0.25, 0.3) is 0 Å². The average Bonchev–Trinajstić information content (AvgIpc) is 2.70. The van der Waals surface area contributed by atoms with Crippen LogP contribution in [0.4, 0.5) is 5.95 Å². The Morgan fingerprint density at radius 2 is 2.18 bits per heavy atom. The van der Waals surface area contributed by atoms with Gasteiger partial charge in [-0.25, -0.2) is 4.98 Å². The standard InChI is InChI=1S/C12H13N3O2/c1-9(16)5-6-11(17)14-12-13-8-10-4-2-3-7-15(10)12/h2-4,7-8H,5-6H2,1H3,(H,13,14,17). The number of carbonyl (C=O) groups is 2. The lowest BCUT2D eigenvalue weighted by Gasteiger charge is -2.03. The quantitative estimate of drug-likeness (QED) is 0.870. The number of ketones is 1. The summed E-state index contributed by atoms with van der Waals surface area (Å²) >= 11 is 0. The Labute approximate surface area is 98.5 Å². The zero-order chi connectivity index (χ0) is 12.3. The van der Waals surface area contributed by atoms with Crippen molar-refractivity contribution in [3.8, 4) is 0 Å². The Hall–Kier alpha value is -2.17. The van der Waals surface area contributed by atoms with E-state index in [2.05, 4.69) is 10.3 Å². The number of anilines is 1. The number of imidazole rings is 1. The van der Waals surface area contributed by atoms with Gasteiger partial charge < -0.3 is 4.79 Å². The molecule has 17 heavy (non-hydrogen) atoms. The first-order chi connectivity index (χ1) is 8.16. The molecule has 1 amide bonds. The van der Waals surface area contributed by atoms with Crippen LogP contribution in [0.25, 0.3) is 5.52 Å². The SMILES string of the molecule is CC(=O)CCC(=O)Nc1ncc2ccccn12. The molecule has 0 saturated heterocycles. The maximum atomic E-state index is 11.5. The highest BCUT2D eigenvalue weighted by molar-refractivity contribution is 5.92. The van der Waals surface area contributed by atoms with Crippen LogP contribution in [0.3, 0.4) is 0 Å². The van der Waals surface area contributed by atoms with Crippen LogP contribution in [0.5, 0.6) is 0 Å². The summed E-state index contributed by atoms with van der Waals surface area (Å²) in [7, 11) is 0. The van der Waals surface area contributed by atoms with E-state index in [1.54, 1.807) is 10.6 Å². The predicted molar refractivity (Wildman–Crippen MR) is 63.7 cm³/mol. The topological polar surface area (TPSA) is 63.5 Å². The van der Waals surface area contributed by atoms with Crippen molar-refractivity contribution in [2.24, 2.45) is 0 Å². The van der Waals surface area contributed by atoms with Crippen LogP contribution in [0.15, 0.2) is 30.6 Å². The van der Waals surface area contributed by atoms with Crippen molar-refractivity contribution in [2.75, 3.05) is 5.32 Å². The first kappa shape index (κ1) is 11.3. The number of Topliss-reactive ketones (excluding diaryl/α,β-unsaturated/α-hetero) is 1.